The van der Waals surface area contributed by atoms with Gasteiger partial charge in [0.05, 0.1) is 0 Å². The highest BCUT2D eigenvalue weighted by molar-refractivity contribution is 6.32. The van der Waals surface area contributed by atoms with Gasteiger partial charge in [-0.2, -0.15) is 5.26 Å². The number of carbonyl (C=O) groups excluding carboxylic acids is 1. The minimum absolute atomic E-state index is 0.00367. The lowest BCUT2D eigenvalue weighted by atomic mass is 10.1. The van der Waals surface area contributed by atoms with E-state index in [0.29, 0.717) is 16.3 Å². The van der Waals surface area contributed by atoms with Crippen molar-refractivity contribution in [1.82, 2.24) is 0 Å². The van der Waals surface area contributed by atoms with Crippen LogP contribution in [0.2, 0.25) is 5.02 Å². The van der Waals surface area contributed by atoms with Gasteiger partial charge in [-0.05, 0) is 29.2 Å². The SMILES string of the molecule is N#CC(=Cc1ccccc1Cl)C(=O)Nc1cccc2ccccc12. The number of halogens is 1. The maximum Gasteiger partial charge on any atom is 0.266 e. The van der Waals surface area contributed by atoms with Gasteiger partial charge in [-0.1, -0.05) is 66.2 Å². The fourth-order valence-corrected chi connectivity index (χ4v) is 2.61. The maximum atomic E-state index is 12.5. The molecule has 0 saturated carbocycles. The van der Waals surface area contributed by atoms with E-state index in [4.69, 9.17) is 11.6 Å². The Morgan fingerprint density at radius 2 is 1.71 bits per heavy atom. The minimum atomic E-state index is -0.464. The van der Waals surface area contributed by atoms with Gasteiger partial charge in [0.2, 0.25) is 0 Å². The highest BCUT2D eigenvalue weighted by atomic mass is 35.5. The molecular weight excluding hydrogens is 320 g/mol. The molecule has 0 saturated heterocycles. The number of fused-ring (bicyclic) bond motifs is 1. The molecule has 0 bridgehead atoms. The summed E-state index contributed by atoms with van der Waals surface area (Å²) in [7, 11) is 0. The number of carbonyl (C=O) groups is 1. The molecule has 0 radical (unpaired) electrons. The Morgan fingerprint density at radius 3 is 2.50 bits per heavy atom. The Balaban J connectivity index is 1.93. The summed E-state index contributed by atoms with van der Waals surface area (Å²) in [5.74, 6) is -0.464. The molecule has 0 aromatic heterocycles. The summed E-state index contributed by atoms with van der Waals surface area (Å²) in [6.45, 7) is 0. The van der Waals surface area contributed by atoms with Gasteiger partial charge in [0, 0.05) is 16.1 Å². The molecule has 1 N–H and O–H groups in total. The zero-order chi connectivity index (χ0) is 16.9. The third-order valence-electron chi connectivity index (χ3n) is 3.61. The van der Waals surface area contributed by atoms with Crippen molar-refractivity contribution in [3.8, 4) is 6.07 Å². The molecule has 0 aliphatic heterocycles. The van der Waals surface area contributed by atoms with Gasteiger partial charge in [-0.25, -0.2) is 0 Å². The average Bonchev–Trinajstić information content (AvgIpc) is 2.61. The van der Waals surface area contributed by atoms with Gasteiger partial charge < -0.3 is 5.32 Å². The minimum Gasteiger partial charge on any atom is -0.321 e. The molecule has 4 heteroatoms. The van der Waals surface area contributed by atoms with Gasteiger partial charge in [0.1, 0.15) is 11.6 Å². The molecule has 3 aromatic rings. The Bertz CT molecular complexity index is 981. The molecule has 24 heavy (non-hydrogen) atoms. The summed E-state index contributed by atoms with van der Waals surface area (Å²) < 4.78 is 0. The predicted molar refractivity (Wildman–Crippen MR) is 97.6 cm³/mol. The molecule has 116 valence electrons. The molecule has 3 rings (SSSR count). The van der Waals surface area contributed by atoms with Crippen LogP contribution in [0.25, 0.3) is 16.8 Å². The standard InChI is InChI=1S/C20H13ClN2O/c21-18-10-4-2-7-15(18)12-16(13-22)20(24)23-19-11-5-8-14-6-1-3-9-17(14)19/h1-12H,(H,23,24). The number of hydrogen-bond donors (Lipinski definition) is 1. The van der Waals surface area contributed by atoms with Crippen LogP contribution in [-0.2, 0) is 4.79 Å². The fraction of sp³-hybridized carbons (Fsp3) is 0. The molecule has 0 aliphatic rings. The van der Waals surface area contributed by atoms with E-state index < -0.39 is 5.91 Å². The molecule has 0 aliphatic carbocycles. The molecule has 3 aromatic carbocycles. The first-order chi connectivity index (χ1) is 11.7. The van der Waals surface area contributed by atoms with Crippen LogP contribution in [0.1, 0.15) is 5.56 Å². The Kier molecular flexibility index (Phi) is 4.60. The van der Waals surface area contributed by atoms with Crippen LogP contribution in [0.5, 0.6) is 0 Å². The average molecular weight is 333 g/mol. The lowest BCUT2D eigenvalue weighted by Crippen LogP contribution is -2.13. The summed E-state index contributed by atoms with van der Waals surface area (Å²) in [4.78, 5) is 12.5. The number of rotatable bonds is 3. The second-order valence-corrected chi connectivity index (χ2v) is 5.58. The Labute approximate surface area is 144 Å². The Hall–Kier alpha value is -3.09. The van der Waals surface area contributed by atoms with Gasteiger partial charge >= 0.3 is 0 Å². The van der Waals surface area contributed by atoms with E-state index in [9.17, 15) is 10.1 Å². The first-order valence-corrected chi connectivity index (χ1v) is 7.72. The predicted octanol–water partition coefficient (Wildman–Crippen LogP) is 5.04. The van der Waals surface area contributed by atoms with Crippen molar-refractivity contribution in [1.29, 1.82) is 5.26 Å². The van der Waals surface area contributed by atoms with Crippen LogP contribution in [0.15, 0.2) is 72.3 Å². The lowest BCUT2D eigenvalue weighted by Gasteiger charge is -2.08. The summed E-state index contributed by atoms with van der Waals surface area (Å²) >= 11 is 6.08. The topological polar surface area (TPSA) is 52.9 Å². The molecule has 0 unspecified atom stereocenters. The first-order valence-electron chi connectivity index (χ1n) is 7.34. The molecule has 3 nitrogen and oxygen atoms in total. The van der Waals surface area contributed by atoms with Crippen LogP contribution in [0, 0.1) is 11.3 Å². The third kappa shape index (κ3) is 3.29. The summed E-state index contributed by atoms with van der Waals surface area (Å²) in [6.07, 6.45) is 1.49. The highest BCUT2D eigenvalue weighted by Crippen LogP contribution is 2.24. The highest BCUT2D eigenvalue weighted by Gasteiger charge is 2.11. The normalized spacial score (nSPS) is 11.1. The van der Waals surface area contributed by atoms with Crippen LogP contribution >= 0.6 is 11.6 Å². The fourth-order valence-electron chi connectivity index (χ4n) is 2.42. The van der Waals surface area contributed by atoms with E-state index in [-0.39, 0.29) is 5.57 Å². The van der Waals surface area contributed by atoms with E-state index in [2.05, 4.69) is 5.32 Å². The van der Waals surface area contributed by atoms with E-state index in [1.165, 1.54) is 6.08 Å². The summed E-state index contributed by atoms with van der Waals surface area (Å²) in [6, 6.07) is 22.4. The van der Waals surface area contributed by atoms with E-state index in [1.807, 2.05) is 48.5 Å². The third-order valence-corrected chi connectivity index (χ3v) is 3.95. The molecule has 1 amide bonds. The van der Waals surface area contributed by atoms with E-state index in [1.54, 1.807) is 24.3 Å². The first kappa shape index (κ1) is 15.8. The summed E-state index contributed by atoms with van der Waals surface area (Å²) in [5.41, 5.74) is 1.29. The smallest absolute Gasteiger partial charge is 0.266 e. The van der Waals surface area contributed by atoms with Gasteiger partial charge in [-0.15, -0.1) is 0 Å². The second-order valence-electron chi connectivity index (χ2n) is 5.17. The monoisotopic (exact) mass is 332 g/mol. The van der Waals surface area contributed by atoms with Crippen LogP contribution < -0.4 is 5.32 Å². The number of nitriles is 1. The zero-order valence-corrected chi connectivity index (χ0v) is 13.4. The molecule has 0 fully saturated rings. The molecule has 0 spiro atoms. The largest absolute Gasteiger partial charge is 0.321 e. The number of anilines is 1. The number of hydrogen-bond acceptors (Lipinski definition) is 2. The van der Waals surface area contributed by atoms with Gasteiger partial charge in [0.15, 0.2) is 0 Å². The number of amides is 1. The molecular formula is C20H13ClN2O. The Morgan fingerprint density at radius 1 is 1.00 bits per heavy atom. The number of benzene rings is 3. The number of nitrogens with zero attached hydrogens (tertiary/aromatic N) is 1. The van der Waals surface area contributed by atoms with E-state index >= 15 is 0 Å². The van der Waals surface area contributed by atoms with Crippen molar-refractivity contribution < 1.29 is 4.79 Å². The van der Waals surface area contributed by atoms with E-state index in [0.717, 1.165) is 10.8 Å². The number of nitrogens with one attached hydrogen (secondary N) is 1. The van der Waals surface area contributed by atoms with Crippen molar-refractivity contribution in [2.75, 3.05) is 5.32 Å². The van der Waals surface area contributed by atoms with Crippen LogP contribution in [0.3, 0.4) is 0 Å². The quantitative estimate of drug-likeness (QED) is 0.539. The van der Waals surface area contributed by atoms with Crippen molar-refractivity contribution in [3.63, 3.8) is 0 Å². The zero-order valence-electron chi connectivity index (χ0n) is 12.7. The maximum absolute atomic E-state index is 12.5. The molecule has 0 atom stereocenters. The van der Waals surface area contributed by atoms with Crippen molar-refractivity contribution in [2.45, 2.75) is 0 Å². The summed E-state index contributed by atoms with van der Waals surface area (Å²) in [5, 5.41) is 14.5. The van der Waals surface area contributed by atoms with Crippen molar-refractivity contribution in [2.24, 2.45) is 0 Å². The van der Waals surface area contributed by atoms with Crippen LogP contribution in [0.4, 0.5) is 5.69 Å². The van der Waals surface area contributed by atoms with Crippen LogP contribution in [-0.4, -0.2) is 5.91 Å². The van der Waals surface area contributed by atoms with Gasteiger partial charge in [0.25, 0.3) is 5.91 Å². The lowest BCUT2D eigenvalue weighted by molar-refractivity contribution is -0.112. The molecule has 0 heterocycles. The van der Waals surface area contributed by atoms with Crippen molar-refractivity contribution in [3.05, 3.63) is 82.9 Å². The van der Waals surface area contributed by atoms with Crippen molar-refractivity contribution >= 4 is 40.0 Å². The van der Waals surface area contributed by atoms with Gasteiger partial charge in [-0.3, -0.25) is 4.79 Å². The second kappa shape index (κ2) is 6.99.